The highest BCUT2D eigenvalue weighted by molar-refractivity contribution is 5.78. The minimum atomic E-state index is -0.593. The molecule has 0 spiro atoms. The molecular weight excluding hydrogens is 390 g/mol. The Labute approximate surface area is 183 Å². The number of carbonyl (C=O) groups excluding carboxylic acids is 2. The predicted octanol–water partition coefficient (Wildman–Crippen LogP) is 3.64. The lowest BCUT2D eigenvalue weighted by Crippen LogP contribution is -2.61. The van der Waals surface area contributed by atoms with Gasteiger partial charge in [-0.3, -0.25) is 4.79 Å². The summed E-state index contributed by atoms with van der Waals surface area (Å²) in [7, 11) is 0. The molecule has 3 unspecified atom stereocenters. The van der Waals surface area contributed by atoms with Crippen molar-refractivity contribution >= 4 is 12.5 Å². The summed E-state index contributed by atoms with van der Waals surface area (Å²) in [5.74, 6) is 0.150. The van der Waals surface area contributed by atoms with Gasteiger partial charge >= 0.3 is 6.09 Å². The average Bonchev–Trinajstić information content (AvgIpc) is 3.02. The van der Waals surface area contributed by atoms with Crippen molar-refractivity contribution in [2.45, 2.75) is 63.3 Å². The SMILES string of the molecule is CC(C)(C)OC(=O)NC1CC(N)CN(C=O)C1CC1c2ccccc2-c2ccccc21. The van der Waals surface area contributed by atoms with Crippen molar-refractivity contribution in [1.82, 2.24) is 10.2 Å². The molecule has 0 aromatic heterocycles. The molecular formula is C25H31N3O3. The number of fused-ring (bicyclic) bond motifs is 3. The number of hydrogen-bond donors (Lipinski definition) is 2. The molecule has 0 radical (unpaired) electrons. The second-order valence-electron chi connectivity index (χ2n) is 9.58. The second kappa shape index (κ2) is 8.35. The Hall–Kier alpha value is -2.86. The van der Waals surface area contributed by atoms with Crippen LogP contribution in [0, 0.1) is 0 Å². The molecule has 0 saturated carbocycles. The summed E-state index contributed by atoms with van der Waals surface area (Å²) in [6, 6.07) is 16.2. The lowest BCUT2D eigenvalue weighted by Gasteiger charge is -2.43. The Kier molecular flexibility index (Phi) is 5.75. The molecule has 164 valence electrons. The highest BCUT2D eigenvalue weighted by atomic mass is 16.6. The van der Waals surface area contributed by atoms with Crippen molar-refractivity contribution < 1.29 is 14.3 Å². The molecule has 3 atom stereocenters. The number of alkyl carbamates (subject to hydrolysis) is 1. The quantitative estimate of drug-likeness (QED) is 0.738. The minimum absolute atomic E-state index is 0.150. The summed E-state index contributed by atoms with van der Waals surface area (Å²) in [5, 5.41) is 3.00. The molecule has 6 nitrogen and oxygen atoms in total. The van der Waals surface area contributed by atoms with Crippen LogP contribution in [-0.2, 0) is 9.53 Å². The fourth-order valence-corrected chi connectivity index (χ4v) is 4.99. The molecule has 1 fully saturated rings. The van der Waals surface area contributed by atoms with E-state index in [4.69, 9.17) is 10.5 Å². The van der Waals surface area contributed by atoms with Crippen LogP contribution in [0.2, 0.25) is 0 Å². The van der Waals surface area contributed by atoms with E-state index < -0.39 is 11.7 Å². The van der Waals surface area contributed by atoms with Gasteiger partial charge in [0.25, 0.3) is 0 Å². The van der Waals surface area contributed by atoms with E-state index in [0.29, 0.717) is 19.4 Å². The average molecular weight is 422 g/mol. The molecule has 1 saturated heterocycles. The van der Waals surface area contributed by atoms with Gasteiger partial charge in [0.1, 0.15) is 5.60 Å². The maximum Gasteiger partial charge on any atom is 0.407 e. The molecule has 6 heteroatoms. The molecule has 2 aromatic rings. The number of rotatable bonds is 4. The summed E-state index contributed by atoms with van der Waals surface area (Å²) < 4.78 is 5.48. The Morgan fingerprint density at radius 2 is 1.71 bits per heavy atom. The number of likely N-dealkylation sites (tertiary alicyclic amines) is 1. The first-order chi connectivity index (χ1) is 14.8. The fourth-order valence-electron chi connectivity index (χ4n) is 4.99. The maximum absolute atomic E-state index is 12.5. The topological polar surface area (TPSA) is 84.7 Å². The first-order valence-electron chi connectivity index (χ1n) is 10.9. The van der Waals surface area contributed by atoms with Crippen LogP contribution in [-0.4, -0.2) is 47.7 Å². The van der Waals surface area contributed by atoms with Gasteiger partial charge in [-0.25, -0.2) is 4.79 Å². The van der Waals surface area contributed by atoms with Crippen LogP contribution in [0.25, 0.3) is 11.1 Å². The third-order valence-electron chi connectivity index (χ3n) is 6.17. The van der Waals surface area contributed by atoms with E-state index >= 15 is 0 Å². The van der Waals surface area contributed by atoms with Crippen molar-refractivity contribution in [3.05, 3.63) is 59.7 Å². The number of nitrogens with one attached hydrogen (secondary N) is 1. The molecule has 3 N–H and O–H groups in total. The smallest absolute Gasteiger partial charge is 0.407 e. The molecule has 2 amide bonds. The number of piperidine rings is 1. The van der Waals surface area contributed by atoms with Gasteiger partial charge in [0, 0.05) is 18.5 Å². The lowest BCUT2D eigenvalue weighted by atomic mass is 9.83. The Morgan fingerprint density at radius 3 is 2.26 bits per heavy atom. The van der Waals surface area contributed by atoms with Gasteiger partial charge in [-0.1, -0.05) is 48.5 Å². The van der Waals surface area contributed by atoms with Crippen molar-refractivity contribution in [1.29, 1.82) is 0 Å². The van der Waals surface area contributed by atoms with E-state index in [1.54, 1.807) is 4.90 Å². The van der Waals surface area contributed by atoms with Crippen LogP contribution in [0.5, 0.6) is 0 Å². The number of hydrogen-bond acceptors (Lipinski definition) is 4. The number of ether oxygens (including phenoxy) is 1. The highest BCUT2D eigenvalue weighted by Gasteiger charge is 2.40. The van der Waals surface area contributed by atoms with Crippen molar-refractivity contribution in [3.8, 4) is 11.1 Å². The van der Waals surface area contributed by atoms with Crippen LogP contribution < -0.4 is 11.1 Å². The summed E-state index contributed by atoms with van der Waals surface area (Å²) in [6.07, 6.45) is 1.69. The van der Waals surface area contributed by atoms with Crippen LogP contribution in [0.15, 0.2) is 48.5 Å². The first-order valence-corrected chi connectivity index (χ1v) is 10.9. The Bertz CT molecular complexity index is 923. The third-order valence-corrected chi connectivity index (χ3v) is 6.17. The predicted molar refractivity (Wildman–Crippen MR) is 121 cm³/mol. The van der Waals surface area contributed by atoms with E-state index in [2.05, 4.69) is 53.8 Å². The van der Waals surface area contributed by atoms with Crippen molar-refractivity contribution in [2.75, 3.05) is 6.54 Å². The fraction of sp³-hybridized carbons (Fsp3) is 0.440. The zero-order chi connectivity index (χ0) is 22.2. The molecule has 2 aliphatic rings. The zero-order valence-electron chi connectivity index (χ0n) is 18.4. The van der Waals surface area contributed by atoms with Gasteiger partial charge in [0.05, 0.1) is 12.1 Å². The Balaban J connectivity index is 1.64. The summed E-state index contributed by atoms with van der Waals surface area (Å²) in [4.78, 5) is 26.2. The number of nitrogens with two attached hydrogens (primary N) is 1. The third kappa shape index (κ3) is 4.44. The summed E-state index contributed by atoms with van der Waals surface area (Å²) >= 11 is 0. The molecule has 1 heterocycles. The second-order valence-corrected chi connectivity index (χ2v) is 9.58. The molecule has 1 aliphatic heterocycles. The molecule has 31 heavy (non-hydrogen) atoms. The molecule has 1 aliphatic carbocycles. The van der Waals surface area contributed by atoms with E-state index in [-0.39, 0.29) is 24.0 Å². The number of benzene rings is 2. The van der Waals surface area contributed by atoms with Gasteiger partial charge < -0.3 is 20.7 Å². The van der Waals surface area contributed by atoms with Crippen molar-refractivity contribution in [3.63, 3.8) is 0 Å². The number of amides is 2. The van der Waals surface area contributed by atoms with Gasteiger partial charge in [0.15, 0.2) is 0 Å². The molecule has 0 bridgehead atoms. The minimum Gasteiger partial charge on any atom is -0.444 e. The van der Waals surface area contributed by atoms with Crippen LogP contribution in [0.4, 0.5) is 4.79 Å². The summed E-state index contributed by atoms with van der Waals surface area (Å²) in [6.45, 7) is 5.99. The van der Waals surface area contributed by atoms with E-state index in [0.717, 1.165) is 6.41 Å². The number of carbonyl (C=O) groups is 2. The number of nitrogens with zero attached hydrogens (tertiary/aromatic N) is 1. The van der Waals surface area contributed by atoms with Gasteiger partial charge in [-0.15, -0.1) is 0 Å². The van der Waals surface area contributed by atoms with Crippen LogP contribution in [0.1, 0.15) is 50.7 Å². The Morgan fingerprint density at radius 1 is 1.13 bits per heavy atom. The van der Waals surface area contributed by atoms with Crippen LogP contribution in [0.3, 0.4) is 0 Å². The zero-order valence-corrected chi connectivity index (χ0v) is 18.4. The largest absolute Gasteiger partial charge is 0.444 e. The van der Waals surface area contributed by atoms with E-state index in [1.165, 1.54) is 22.3 Å². The highest BCUT2D eigenvalue weighted by Crippen LogP contribution is 2.47. The molecule has 4 rings (SSSR count). The van der Waals surface area contributed by atoms with E-state index in [9.17, 15) is 9.59 Å². The maximum atomic E-state index is 12.5. The van der Waals surface area contributed by atoms with Crippen molar-refractivity contribution in [2.24, 2.45) is 5.73 Å². The lowest BCUT2D eigenvalue weighted by molar-refractivity contribution is -0.122. The first kappa shape index (κ1) is 21.4. The van der Waals surface area contributed by atoms with Gasteiger partial charge in [0.2, 0.25) is 6.41 Å². The molecule has 2 aromatic carbocycles. The summed E-state index contributed by atoms with van der Waals surface area (Å²) in [5.41, 5.74) is 10.6. The van der Waals surface area contributed by atoms with Crippen LogP contribution >= 0.6 is 0 Å². The van der Waals surface area contributed by atoms with Gasteiger partial charge in [-0.05, 0) is 55.9 Å². The standard InChI is InChI=1S/C25H31N3O3/c1-25(2,3)31-24(30)27-22-12-16(26)14-28(15-29)23(22)13-21-19-10-6-4-8-17(19)18-9-5-7-11-20(18)21/h4-11,15-16,21-23H,12-14,26H2,1-3H3,(H,27,30). The monoisotopic (exact) mass is 421 g/mol. The normalized spacial score (nSPS) is 23.1. The van der Waals surface area contributed by atoms with E-state index in [1.807, 2.05) is 20.8 Å². The van der Waals surface area contributed by atoms with Gasteiger partial charge in [-0.2, -0.15) is 0 Å².